The van der Waals surface area contributed by atoms with Crippen LogP contribution in [0.1, 0.15) is 19.4 Å². The maximum atomic E-state index is 11.9. The number of aryl methyl sites for hydroxylation is 1. The molecule has 0 bridgehead atoms. The van der Waals surface area contributed by atoms with Crippen LogP contribution in [0.3, 0.4) is 0 Å². The molecular formula is C18H22N2O3. The van der Waals surface area contributed by atoms with E-state index >= 15 is 0 Å². The van der Waals surface area contributed by atoms with Gasteiger partial charge in [0, 0.05) is 11.4 Å². The zero-order chi connectivity index (χ0) is 16.7. The summed E-state index contributed by atoms with van der Waals surface area (Å²) in [5, 5.41) is 2.77. The Morgan fingerprint density at radius 2 is 1.70 bits per heavy atom. The van der Waals surface area contributed by atoms with Gasteiger partial charge in [-0.2, -0.15) is 0 Å². The molecule has 2 aromatic rings. The number of nitrogens with two attached hydrogens (primary N) is 1. The van der Waals surface area contributed by atoms with Gasteiger partial charge in [0.1, 0.15) is 11.5 Å². The lowest BCUT2D eigenvalue weighted by Crippen LogP contribution is -2.20. The molecule has 0 saturated carbocycles. The molecule has 3 N–H and O–H groups in total. The molecule has 5 heteroatoms. The molecule has 0 fully saturated rings. The molecule has 2 rings (SSSR count). The summed E-state index contributed by atoms with van der Waals surface area (Å²) in [6.07, 6.45) is 0.862. The van der Waals surface area contributed by atoms with Crippen molar-refractivity contribution < 1.29 is 14.3 Å². The molecule has 0 aliphatic rings. The van der Waals surface area contributed by atoms with E-state index in [0.717, 1.165) is 17.7 Å². The molecule has 0 saturated heterocycles. The van der Waals surface area contributed by atoms with E-state index in [1.165, 1.54) is 0 Å². The van der Waals surface area contributed by atoms with Gasteiger partial charge in [-0.15, -0.1) is 0 Å². The molecule has 0 unspecified atom stereocenters. The third kappa shape index (κ3) is 4.92. The number of amides is 1. The fraction of sp³-hybridized carbons (Fsp3) is 0.278. The third-order valence-corrected chi connectivity index (χ3v) is 3.32. The van der Waals surface area contributed by atoms with Crippen molar-refractivity contribution in [2.45, 2.75) is 20.3 Å². The largest absolute Gasteiger partial charge is 0.494 e. The zero-order valence-corrected chi connectivity index (χ0v) is 13.5. The van der Waals surface area contributed by atoms with Crippen LogP contribution in [-0.2, 0) is 11.2 Å². The summed E-state index contributed by atoms with van der Waals surface area (Å²) >= 11 is 0. The highest BCUT2D eigenvalue weighted by Gasteiger charge is 2.06. The number of hydrogen-bond acceptors (Lipinski definition) is 4. The first-order valence-electron chi connectivity index (χ1n) is 7.66. The molecule has 1 amide bonds. The van der Waals surface area contributed by atoms with Gasteiger partial charge in [0.25, 0.3) is 5.91 Å². The fourth-order valence-corrected chi connectivity index (χ4v) is 2.14. The van der Waals surface area contributed by atoms with Crippen LogP contribution in [0.5, 0.6) is 11.5 Å². The number of carbonyl (C=O) groups excluding carboxylic acids is 1. The minimum Gasteiger partial charge on any atom is -0.494 e. The van der Waals surface area contributed by atoms with Gasteiger partial charge < -0.3 is 20.5 Å². The lowest BCUT2D eigenvalue weighted by molar-refractivity contribution is -0.118. The average molecular weight is 314 g/mol. The Labute approximate surface area is 136 Å². The Balaban J connectivity index is 1.86. The summed E-state index contributed by atoms with van der Waals surface area (Å²) in [4.78, 5) is 11.9. The van der Waals surface area contributed by atoms with Crippen molar-refractivity contribution in [1.29, 1.82) is 0 Å². The van der Waals surface area contributed by atoms with Crippen molar-refractivity contribution in [2.24, 2.45) is 0 Å². The van der Waals surface area contributed by atoms with Crippen LogP contribution in [0.25, 0.3) is 0 Å². The summed E-state index contributed by atoms with van der Waals surface area (Å²) < 4.78 is 10.8. The van der Waals surface area contributed by atoms with Crippen LogP contribution in [-0.4, -0.2) is 19.1 Å². The monoisotopic (exact) mass is 314 g/mol. The molecule has 0 spiro atoms. The molecule has 2 aromatic carbocycles. The van der Waals surface area contributed by atoms with Crippen LogP contribution in [0.2, 0.25) is 0 Å². The number of hydrogen-bond donors (Lipinski definition) is 2. The molecular weight excluding hydrogens is 292 g/mol. The SMILES string of the molecule is CCOc1ccc(OCC(=O)Nc2ccc(CC)c(N)c2)cc1. The first-order valence-corrected chi connectivity index (χ1v) is 7.66. The van der Waals surface area contributed by atoms with E-state index in [2.05, 4.69) is 5.32 Å². The standard InChI is InChI=1S/C18H22N2O3/c1-3-13-5-6-14(11-17(13)19)20-18(21)12-23-16-9-7-15(8-10-16)22-4-2/h5-11H,3-4,12,19H2,1-2H3,(H,20,21). The maximum Gasteiger partial charge on any atom is 0.262 e. The molecule has 0 aliphatic heterocycles. The Morgan fingerprint density at radius 1 is 1.04 bits per heavy atom. The van der Waals surface area contributed by atoms with Gasteiger partial charge in [-0.1, -0.05) is 13.0 Å². The lowest BCUT2D eigenvalue weighted by Gasteiger charge is -2.10. The highest BCUT2D eigenvalue weighted by Crippen LogP contribution is 2.19. The van der Waals surface area contributed by atoms with Gasteiger partial charge in [-0.05, 0) is 55.3 Å². The van der Waals surface area contributed by atoms with E-state index in [1.807, 2.05) is 26.0 Å². The summed E-state index contributed by atoms with van der Waals surface area (Å²) in [5.41, 5.74) is 8.33. The van der Waals surface area contributed by atoms with Crippen molar-refractivity contribution in [1.82, 2.24) is 0 Å². The van der Waals surface area contributed by atoms with E-state index in [9.17, 15) is 4.79 Å². The van der Waals surface area contributed by atoms with Gasteiger partial charge in [0.15, 0.2) is 6.61 Å². The lowest BCUT2D eigenvalue weighted by atomic mass is 10.1. The summed E-state index contributed by atoms with van der Waals surface area (Å²) in [6.45, 7) is 4.51. The molecule has 5 nitrogen and oxygen atoms in total. The first kappa shape index (κ1) is 16.7. The molecule has 23 heavy (non-hydrogen) atoms. The minimum atomic E-state index is -0.234. The summed E-state index contributed by atoms with van der Waals surface area (Å²) in [7, 11) is 0. The Kier molecular flexibility index (Phi) is 5.86. The summed E-state index contributed by atoms with van der Waals surface area (Å²) in [6, 6.07) is 12.7. The van der Waals surface area contributed by atoms with Crippen molar-refractivity contribution in [3.8, 4) is 11.5 Å². The second-order valence-electron chi connectivity index (χ2n) is 5.01. The van der Waals surface area contributed by atoms with Crippen LogP contribution in [0, 0.1) is 0 Å². The van der Waals surface area contributed by atoms with Crippen LogP contribution in [0.15, 0.2) is 42.5 Å². The van der Waals surface area contributed by atoms with Crippen molar-refractivity contribution in [3.63, 3.8) is 0 Å². The second-order valence-corrected chi connectivity index (χ2v) is 5.01. The third-order valence-electron chi connectivity index (χ3n) is 3.32. The Bertz CT molecular complexity index is 654. The van der Waals surface area contributed by atoms with Crippen LogP contribution >= 0.6 is 0 Å². The van der Waals surface area contributed by atoms with Crippen molar-refractivity contribution in [3.05, 3.63) is 48.0 Å². The fourth-order valence-electron chi connectivity index (χ4n) is 2.14. The highest BCUT2D eigenvalue weighted by atomic mass is 16.5. The van der Waals surface area contributed by atoms with Crippen LogP contribution in [0.4, 0.5) is 11.4 Å². The minimum absolute atomic E-state index is 0.0661. The van der Waals surface area contributed by atoms with E-state index in [0.29, 0.717) is 23.7 Å². The second kappa shape index (κ2) is 8.08. The van der Waals surface area contributed by atoms with Gasteiger partial charge in [-0.3, -0.25) is 4.79 Å². The zero-order valence-electron chi connectivity index (χ0n) is 13.5. The van der Waals surface area contributed by atoms with E-state index in [4.69, 9.17) is 15.2 Å². The number of benzene rings is 2. The first-order chi connectivity index (χ1) is 11.1. The molecule has 122 valence electrons. The van der Waals surface area contributed by atoms with Crippen molar-refractivity contribution in [2.75, 3.05) is 24.3 Å². The van der Waals surface area contributed by atoms with Gasteiger partial charge >= 0.3 is 0 Å². The Morgan fingerprint density at radius 3 is 2.26 bits per heavy atom. The number of ether oxygens (including phenoxy) is 2. The number of nitrogens with one attached hydrogen (secondary N) is 1. The molecule has 0 aliphatic carbocycles. The normalized spacial score (nSPS) is 10.2. The summed E-state index contributed by atoms with van der Waals surface area (Å²) in [5.74, 6) is 1.16. The molecule has 0 atom stereocenters. The molecule has 0 heterocycles. The van der Waals surface area contributed by atoms with Gasteiger partial charge in [0.05, 0.1) is 6.61 Å². The van der Waals surface area contributed by atoms with Crippen LogP contribution < -0.4 is 20.5 Å². The van der Waals surface area contributed by atoms with E-state index in [-0.39, 0.29) is 12.5 Å². The number of rotatable bonds is 7. The average Bonchev–Trinajstić information content (AvgIpc) is 2.55. The maximum absolute atomic E-state index is 11.9. The predicted octanol–water partition coefficient (Wildman–Crippen LogP) is 3.25. The number of carbonyl (C=O) groups is 1. The molecule has 0 radical (unpaired) electrons. The van der Waals surface area contributed by atoms with Gasteiger partial charge in [0.2, 0.25) is 0 Å². The van der Waals surface area contributed by atoms with E-state index < -0.39 is 0 Å². The van der Waals surface area contributed by atoms with Crippen molar-refractivity contribution >= 4 is 17.3 Å². The quantitative estimate of drug-likeness (QED) is 0.769. The molecule has 0 aromatic heterocycles. The van der Waals surface area contributed by atoms with Gasteiger partial charge in [-0.25, -0.2) is 0 Å². The highest BCUT2D eigenvalue weighted by molar-refractivity contribution is 5.92. The topological polar surface area (TPSA) is 73.6 Å². The Hall–Kier alpha value is -2.69. The number of anilines is 2. The number of nitrogen functional groups attached to an aromatic ring is 1. The van der Waals surface area contributed by atoms with E-state index in [1.54, 1.807) is 30.3 Å². The predicted molar refractivity (Wildman–Crippen MR) is 92.0 cm³/mol. The smallest absolute Gasteiger partial charge is 0.262 e.